The van der Waals surface area contributed by atoms with E-state index in [0.29, 0.717) is 6.04 Å². The molecule has 1 heteroatoms. The maximum absolute atomic E-state index is 3.58. The zero-order valence-corrected chi connectivity index (χ0v) is 11.0. The van der Waals surface area contributed by atoms with Crippen LogP contribution in [0.5, 0.6) is 0 Å². The second-order valence-electron chi connectivity index (χ2n) is 5.49. The summed E-state index contributed by atoms with van der Waals surface area (Å²) in [6.45, 7) is 2.30. The van der Waals surface area contributed by atoms with Crippen molar-refractivity contribution >= 4 is 5.69 Å². The number of benzene rings is 1. The van der Waals surface area contributed by atoms with E-state index in [-0.39, 0.29) is 0 Å². The fraction of sp³-hybridized carbons (Fsp3) is 0.625. The van der Waals surface area contributed by atoms with E-state index in [9.17, 15) is 0 Å². The van der Waals surface area contributed by atoms with Gasteiger partial charge in [-0.15, -0.1) is 0 Å². The van der Waals surface area contributed by atoms with Crippen molar-refractivity contribution < 1.29 is 0 Å². The lowest BCUT2D eigenvalue weighted by Gasteiger charge is -2.23. The molecule has 1 fully saturated rings. The monoisotopic (exact) mass is 231 g/mol. The number of para-hydroxylation sites is 1. The Hall–Kier alpha value is -0.980. The molecule has 0 aliphatic heterocycles. The first-order valence-electron chi connectivity index (χ1n) is 7.16. The summed E-state index contributed by atoms with van der Waals surface area (Å²) in [6, 6.07) is 11.2. The summed E-state index contributed by atoms with van der Waals surface area (Å²) in [6.07, 6.45) is 10.0. The van der Waals surface area contributed by atoms with Crippen LogP contribution in [0.3, 0.4) is 0 Å². The molecule has 1 aromatic rings. The topological polar surface area (TPSA) is 12.0 Å². The molecule has 94 valence electrons. The Kier molecular flexibility index (Phi) is 4.90. The van der Waals surface area contributed by atoms with E-state index in [1.807, 2.05) is 0 Å². The Bertz CT molecular complexity index is 301. The molecule has 1 saturated carbocycles. The van der Waals surface area contributed by atoms with E-state index in [1.165, 1.54) is 50.6 Å². The molecule has 0 bridgehead atoms. The molecule has 1 atom stereocenters. The van der Waals surface area contributed by atoms with Crippen molar-refractivity contribution in [1.82, 2.24) is 0 Å². The van der Waals surface area contributed by atoms with Gasteiger partial charge < -0.3 is 5.32 Å². The van der Waals surface area contributed by atoms with Crippen molar-refractivity contribution in [2.45, 2.75) is 57.9 Å². The molecule has 1 aliphatic carbocycles. The van der Waals surface area contributed by atoms with Crippen LogP contribution in [-0.2, 0) is 0 Å². The van der Waals surface area contributed by atoms with Crippen LogP contribution in [0.25, 0.3) is 0 Å². The lowest BCUT2D eigenvalue weighted by molar-refractivity contribution is 0.328. The van der Waals surface area contributed by atoms with E-state index >= 15 is 0 Å². The van der Waals surface area contributed by atoms with E-state index in [4.69, 9.17) is 0 Å². The van der Waals surface area contributed by atoms with Crippen LogP contribution < -0.4 is 5.32 Å². The first-order chi connectivity index (χ1) is 8.34. The van der Waals surface area contributed by atoms with Crippen molar-refractivity contribution in [1.29, 1.82) is 0 Å². The summed E-state index contributed by atoms with van der Waals surface area (Å²) in [7, 11) is 0. The van der Waals surface area contributed by atoms with Crippen molar-refractivity contribution in [3.8, 4) is 0 Å². The minimum atomic E-state index is 0.597. The molecule has 0 amide bonds. The molecule has 0 spiro atoms. The molecule has 0 heterocycles. The van der Waals surface area contributed by atoms with Gasteiger partial charge in [-0.05, 0) is 37.8 Å². The summed E-state index contributed by atoms with van der Waals surface area (Å²) in [5.41, 5.74) is 1.25. The average molecular weight is 231 g/mol. The molecule has 1 N–H and O–H groups in total. The molecule has 0 radical (unpaired) electrons. The highest BCUT2D eigenvalue weighted by molar-refractivity contribution is 5.43. The molecule has 1 aliphatic rings. The van der Waals surface area contributed by atoms with Crippen molar-refractivity contribution in [2.75, 3.05) is 5.32 Å². The smallest absolute Gasteiger partial charge is 0.0342 e. The third-order valence-corrected chi connectivity index (χ3v) is 3.92. The van der Waals surface area contributed by atoms with Gasteiger partial charge in [0.1, 0.15) is 0 Å². The highest BCUT2D eigenvalue weighted by Gasteiger charge is 2.14. The molecule has 1 aromatic carbocycles. The third-order valence-electron chi connectivity index (χ3n) is 3.92. The zero-order valence-electron chi connectivity index (χ0n) is 11.0. The number of anilines is 1. The maximum Gasteiger partial charge on any atom is 0.0342 e. The van der Waals surface area contributed by atoms with E-state index < -0.39 is 0 Å². The van der Waals surface area contributed by atoms with Gasteiger partial charge in [-0.1, -0.05) is 50.3 Å². The third kappa shape index (κ3) is 4.41. The van der Waals surface area contributed by atoms with Gasteiger partial charge in [0.25, 0.3) is 0 Å². The Morgan fingerprint density at radius 1 is 1.12 bits per heavy atom. The number of hydrogen-bond donors (Lipinski definition) is 1. The van der Waals surface area contributed by atoms with Crippen molar-refractivity contribution in [2.24, 2.45) is 5.92 Å². The van der Waals surface area contributed by atoms with Gasteiger partial charge >= 0.3 is 0 Å². The van der Waals surface area contributed by atoms with Crippen LogP contribution in [0.2, 0.25) is 0 Å². The second kappa shape index (κ2) is 6.68. The molecule has 17 heavy (non-hydrogen) atoms. The molecular weight excluding hydrogens is 206 g/mol. The molecule has 0 saturated heterocycles. The minimum absolute atomic E-state index is 0.597. The molecule has 0 aromatic heterocycles. The van der Waals surface area contributed by atoms with Gasteiger partial charge in [0, 0.05) is 11.7 Å². The van der Waals surface area contributed by atoms with Crippen LogP contribution in [-0.4, -0.2) is 6.04 Å². The predicted octanol–water partition coefficient (Wildman–Crippen LogP) is 4.85. The Labute approximate surface area is 106 Å². The van der Waals surface area contributed by atoms with Gasteiger partial charge in [0.15, 0.2) is 0 Å². The molecule has 2 rings (SSSR count). The predicted molar refractivity (Wildman–Crippen MR) is 75.3 cm³/mol. The second-order valence-corrected chi connectivity index (χ2v) is 5.49. The lowest BCUT2D eigenvalue weighted by atomic mass is 9.85. The van der Waals surface area contributed by atoms with Gasteiger partial charge in [-0.25, -0.2) is 0 Å². The standard InChI is InChI=1S/C16H25N/c1-14(17-16-10-6-3-7-11-16)12-13-15-8-4-2-5-9-15/h3,6-7,10-11,14-15,17H,2,4-5,8-9,12-13H2,1H3. The van der Waals surface area contributed by atoms with Gasteiger partial charge in [-0.2, -0.15) is 0 Å². The van der Waals surface area contributed by atoms with E-state index in [1.54, 1.807) is 0 Å². The molecular formula is C16H25N. The van der Waals surface area contributed by atoms with Gasteiger partial charge in [-0.3, -0.25) is 0 Å². The largest absolute Gasteiger partial charge is 0.383 e. The summed E-state index contributed by atoms with van der Waals surface area (Å²) >= 11 is 0. The fourth-order valence-electron chi connectivity index (χ4n) is 2.85. The van der Waals surface area contributed by atoms with E-state index in [2.05, 4.69) is 42.6 Å². The summed E-state index contributed by atoms with van der Waals surface area (Å²) < 4.78 is 0. The maximum atomic E-state index is 3.58. The summed E-state index contributed by atoms with van der Waals surface area (Å²) in [4.78, 5) is 0. The summed E-state index contributed by atoms with van der Waals surface area (Å²) in [5, 5.41) is 3.58. The highest BCUT2D eigenvalue weighted by atomic mass is 14.9. The first kappa shape index (κ1) is 12.5. The van der Waals surface area contributed by atoms with Crippen LogP contribution in [0.15, 0.2) is 30.3 Å². The fourth-order valence-corrected chi connectivity index (χ4v) is 2.85. The number of nitrogens with one attached hydrogen (secondary N) is 1. The highest BCUT2D eigenvalue weighted by Crippen LogP contribution is 2.28. The lowest BCUT2D eigenvalue weighted by Crippen LogP contribution is -2.17. The Morgan fingerprint density at radius 3 is 2.53 bits per heavy atom. The minimum Gasteiger partial charge on any atom is -0.383 e. The summed E-state index contributed by atoms with van der Waals surface area (Å²) in [5.74, 6) is 1.00. The molecule has 1 nitrogen and oxygen atoms in total. The van der Waals surface area contributed by atoms with Crippen LogP contribution in [0, 0.1) is 5.92 Å². The number of hydrogen-bond acceptors (Lipinski definition) is 1. The van der Waals surface area contributed by atoms with Crippen LogP contribution in [0.4, 0.5) is 5.69 Å². The first-order valence-corrected chi connectivity index (χ1v) is 7.16. The van der Waals surface area contributed by atoms with Crippen molar-refractivity contribution in [3.05, 3.63) is 30.3 Å². The Balaban J connectivity index is 1.68. The number of rotatable bonds is 5. The molecule has 1 unspecified atom stereocenters. The SMILES string of the molecule is CC(CCC1CCCCC1)Nc1ccccc1. The van der Waals surface area contributed by atoms with E-state index in [0.717, 1.165) is 5.92 Å². The van der Waals surface area contributed by atoms with Crippen molar-refractivity contribution in [3.63, 3.8) is 0 Å². The van der Waals surface area contributed by atoms with Crippen LogP contribution in [0.1, 0.15) is 51.9 Å². The normalized spacial score (nSPS) is 18.9. The van der Waals surface area contributed by atoms with Crippen LogP contribution >= 0.6 is 0 Å². The average Bonchev–Trinajstić information content (AvgIpc) is 2.39. The Morgan fingerprint density at radius 2 is 1.82 bits per heavy atom. The van der Waals surface area contributed by atoms with Gasteiger partial charge in [0.05, 0.1) is 0 Å². The quantitative estimate of drug-likeness (QED) is 0.764. The zero-order chi connectivity index (χ0) is 11.9. The van der Waals surface area contributed by atoms with Gasteiger partial charge in [0.2, 0.25) is 0 Å².